The molecule has 0 aliphatic carbocycles. The first-order valence-electron chi connectivity index (χ1n) is 12.0. The van der Waals surface area contributed by atoms with Crippen molar-refractivity contribution >= 4 is 35.6 Å². The number of aryl methyl sites for hydroxylation is 2. The highest BCUT2D eigenvalue weighted by molar-refractivity contribution is 14.0. The fraction of sp³-hybridized carbons (Fsp3) is 0.600. The summed E-state index contributed by atoms with van der Waals surface area (Å²) < 4.78 is 1.97. The van der Waals surface area contributed by atoms with E-state index in [1.165, 1.54) is 16.9 Å². The fourth-order valence-electron chi connectivity index (χ4n) is 4.42. The minimum absolute atomic E-state index is 0. The highest BCUT2D eigenvalue weighted by atomic mass is 127. The molecule has 2 unspecified atom stereocenters. The van der Waals surface area contributed by atoms with Crippen molar-refractivity contribution in [2.75, 3.05) is 44.2 Å². The molecule has 2 aromatic rings. The third-order valence-electron chi connectivity index (χ3n) is 6.47. The van der Waals surface area contributed by atoms with Gasteiger partial charge in [0.25, 0.3) is 0 Å². The third kappa shape index (κ3) is 7.60. The largest absolute Gasteiger partial charge is 0.369 e. The first-order valence-corrected chi connectivity index (χ1v) is 12.0. The van der Waals surface area contributed by atoms with Crippen LogP contribution in [-0.4, -0.2) is 72.0 Å². The van der Waals surface area contributed by atoms with Crippen molar-refractivity contribution < 1.29 is 0 Å². The van der Waals surface area contributed by atoms with E-state index in [0.717, 1.165) is 57.3 Å². The van der Waals surface area contributed by atoms with Crippen molar-refractivity contribution in [3.63, 3.8) is 0 Å². The van der Waals surface area contributed by atoms with Gasteiger partial charge >= 0.3 is 0 Å². The van der Waals surface area contributed by atoms with E-state index in [1.807, 2.05) is 11.7 Å². The van der Waals surface area contributed by atoms with Crippen LogP contribution in [0.1, 0.15) is 37.7 Å². The lowest BCUT2D eigenvalue weighted by atomic mass is 10.1. The number of guanidine groups is 1. The molecule has 1 aromatic heterocycles. The minimum atomic E-state index is 0. The predicted molar refractivity (Wildman–Crippen MR) is 150 cm³/mol. The van der Waals surface area contributed by atoms with E-state index in [0.29, 0.717) is 6.04 Å². The number of anilines is 1. The Morgan fingerprint density at radius 1 is 1.09 bits per heavy atom. The number of rotatable bonds is 8. The van der Waals surface area contributed by atoms with Gasteiger partial charge in [-0.05, 0) is 58.7 Å². The quantitative estimate of drug-likeness (QED) is 0.291. The molecular formula is C25H42IN7. The zero-order valence-electron chi connectivity index (χ0n) is 21.1. The zero-order valence-corrected chi connectivity index (χ0v) is 23.5. The molecule has 33 heavy (non-hydrogen) atoms. The number of piperazine rings is 1. The van der Waals surface area contributed by atoms with Crippen molar-refractivity contribution in [3.05, 3.63) is 47.3 Å². The van der Waals surface area contributed by atoms with Crippen LogP contribution in [0, 0.1) is 13.8 Å². The topological polar surface area (TPSA) is 60.7 Å². The Balaban J connectivity index is 0.00000385. The molecule has 2 N–H and O–H groups in total. The van der Waals surface area contributed by atoms with E-state index in [-0.39, 0.29) is 30.0 Å². The van der Waals surface area contributed by atoms with Crippen LogP contribution < -0.4 is 15.5 Å². The molecule has 0 bridgehead atoms. The van der Waals surface area contributed by atoms with E-state index in [4.69, 9.17) is 4.99 Å². The SMILES string of the molecule is CCNC(=NCC(C)N1CCN(c2ccccc2)CC1)NC(C)Cc1c(C)nn(C)c1C.I. The highest BCUT2D eigenvalue weighted by Gasteiger charge is 2.21. The van der Waals surface area contributed by atoms with Crippen molar-refractivity contribution in [2.45, 2.75) is 53.1 Å². The van der Waals surface area contributed by atoms with Gasteiger partial charge in [0.1, 0.15) is 0 Å². The van der Waals surface area contributed by atoms with E-state index in [1.54, 1.807) is 0 Å². The lowest BCUT2D eigenvalue weighted by Crippen LogP contribution is -2.51. The van der Waals surface area contributed by atoms with Gasteiger partial charge < -0.3 is 15.5 Å². The summed E-state index contributed by atoms with van der Waals surface area (Å²) >= 11 is 0. The van der Waals surface area contributed by atoms with Gasteiger partial charge in [-0.1, -0.05) is 18.2 Å². The molecule has 1 aliphatic rings. The van der Waals surface area contributed by atoms with E-state index < -0.39 is 0 Å². The number of aromatic nitrogens is 2. The van der Waals surface area contributed by atoms with Crippen molar-refractivity contribution in [3.8, 4) is 0 Å². The number of hydrogen-bond acceptors (Lipinski definition) is 4. The molecule has 2 atom stereocenters. The number of nitrogens with one attached hydrogen (secondary N) is 2. The smallest absolute Gasteiger partial charge is 0.191 e. The van der Waals surface area contributed by atoms with Gasteiger partial charge in [-0.15, -0.1) is 24.0 Å². The zero-order chi connectivity index (χ0) is 23.1. The van der Waals surface area contributed by atoms with Crippen LogP contribution in [0.4, 0.5) is 5.69 Å². The van der Waals surface area contributed by atoms with Crippen molar-refractivity contribution in [2.24, 2.45) is 12.0 Å². The Hall–Kier alpha value is -1.81. The Morgan fingerprint density at radius 2 is 1.76 bits per heavy atom. The summed E-state index contributed by atoms with van der Waals surface area (Å²) in [4.78, 5) is 9.94. The molecule has 2 heterocycles. The molecule has 0 amide bonds. The van der Waals surface area contributed by atoms with Crippen LogP contribution in [0.15, 0.2) is 35.3 Å². The predicted octanol–water partition coefficient (Wildman–Crippen LogP) is 3.35. The van der Waals surface area contributed by atoms with Crippen LogP contribution in [-0.2, 0) is 13.5 Å². The summed E-state index contributed by atoms with van der Waals surface area (Å²) in [5.74, 6) is 0.897. The molecule has 3 rings (SSSR count). The van der Waals surface area contributed by atoms with Crippen LogP contribution in [0.25, 0.3) is 0 Å². The summed E-state index contributed by atoms with van der Waals surface area (Å²) in [6, 6.07) is 11.4. The number of benzene rings is 1. The first-order chi connectivity index (χ1) is 15.4. The second-order valence-corrected chi connectivity index (χ2v) is 8.95. The number of halogens is 1. The Kier molecular flexibility index (Phi) is 11.0. The first kappa shape index (κ1) is 27.4. The molecule has 1 saturated heterocycles. The number of nitrogens with zero attached hydrogens (tertiary/aromatic N) is 5. The monoisotopic (exact) mass is 567 g/mol. The molecule has 7 nitrogen and oxygen atoms in total. The molecule has 184 valence electrons. The van der Waals surface area contributed by atoms with Crippen LogP contribution >= 0.6 is 24.0 Å². The van der Waals surface area contributed by atoms with E-state index in [9.17, 15) is 0 Å². The summed E-state index contributed by atoms with van der Waals surface area (Å²) in [5, 5.41) is 11.6. The average Bonchev–Trinajstić information content (AvgIpc) is 3.04. The molecule has 1 aliphatic heterocycles. The van der Waals surface area contributed by atoms with Gasteiger partial charge in [-0.25, -0.2) is 0 Å². The lowest BCUT2D eigenvalue weighted by Gasteiger charge is -2.38. The summed E-state index contributed by atoms with van der Waals surface area (Å²) in [6.07, 6.45) is 0.937. The third-order valence-corrected chi connectivity index (χ3v) is 6.47. The maximum atomic E-state index is 4.92. The normalized spacial score (nSPS) is 16.8. The standard InChI is InChI=1S/C25H41N7.HI/c1-7-26-25(28-19(2)17-24-21(4)29-30(6)22(24)5)27-18-20(3)31-13-15-32(16-14-31)23-11-9-8-10-12-23;/h8-12,19-20H,7,13-18H2,1-6H3,(H2,26,27,28);1H. The Morgan fingerprint density at radius 3 is 2.33 bits per heavy atom. The fourth-order valence-corrected chi connectivity index (χ4v) is 4.42. The lowest BCUT2D eigenvalue weighted by molar-refractivity contribution is 0.201. The van der Waals surface area contributed by atoms with Crippen molar-refractivity contribution in [1.29, 1.82) is 0 Å². The second-order valence-electron chi connectivity index (χ2n) is 8.95. The summed E-state index contributed by atoms with van der Waals surface area (Å²) in [5.41, 5.74) is 5.00. The van der Waals surface area contributed by atoms with Crippen molar-refractivity contribution in [1.82, 2.24) is 25.3 Å². The second kappa shape index (κ2) is 13.2. The van der Waals surface area contributed by atoms with Crippen LogP contribution in [0.2, 0.25) is 0 Å². The van der Waals surface area contributed by atoms with E-state index in [2.05, 4.69) is 90.5 Å². The molecule has 0 saturated carbocycles. The van der Waals surface area contributed by atoms with Gasteiger partial charge in [-0.2, -0.15) is 5.10 Å². The summed E-state index contributed by atoms with van der Waals surface area (Å²) in [7, 11) is 2.01. The average molecular weight is 568 g/mol. The van der Waals surface area contributed by atoms with Crippen LogP contribution in [0.5, 0.6) is 0 Å². The summed E-state index contributed by atoms with van der Waals surface area (Å²) in [6.45, 7) is 16.8. The molecular weight excluding hydrogens is 525 g/mol. The van der Waals surface area contributed by atoms with E-state index >= 15 is 0 Å². The molecule has 1 fully saturated rings. The van der Waals surface area contributed by atoms with Gasteiger partial charge in [0.2, 0.25) is 0 Å². The number of hydrogen-bond donors (Lipinski definition) is 2. The Bertz CT molecular complexity index is 872. The molecule has 1 aromatic carbocycles. The van der Waals surface area contributed by atoms with Gasteiger partial charge in [0.15, 0.2) is 5.96 Å². The van der Waals surface area contributed by atoms with Gasteiger partial charge in [0.05, 0.1) is 12.2 Å². The van der Waals surface area contributed by atoms with Gasteiger partial charge in [0, 0.05) is 63.2 Å². The minimum Gasteiger partial charge on any atom is -0.369 e. The van der Waals surface area contributed by atoms with Crippen LogP contribution in [0.3, 0.4) is 0 Å². The molecule has 0 radical (unpaired) electrons. The van der Waals surface area contributed by atoms with Gasteiger partial charge in [-0.3, -0.25) is 14.6 Å². The Labute approximate surface area is 217 Å². The highest BCUT2D eigenvalue weighted by Crippen LogP contribution is 2.17. The maximum Gasteiger partial charge on any atom is 0.191 e. The molecule has 8 heteroatoms. The maximum absolute atomic E-state index is 4.92. The number of aliphatic imine (C=N–C) groups is 1. The molecule has 0 spiro atoms. The number of para-hydroxylation sites is 1.